The van der Waals surface area contributed by atoms with Crippen LogP contribution in [-0.4, -0.2) is 4.57 Å². The van der Waals surface area contributed by atoms with Crippen LogP contribution in [-0.2, 0) is 0 Å². The van der Waals surface area contributed by atoms with E-state index in [0.717, 1.165) is 61.4 Å². The molecule has 2 aromatic heterocycles. The predicted octanol–water partition coefficient (Wildman–Crippen LogP) is 16.3. The Hall–Kier alpha value is -8.14. The second-order valence-electron chi connectivity index (χ2n) is 15.7. The first kappa shape index (κ1) is 34.9. The SMILES string of the molecule is c1cc(-c2ccc(N(c3ccc(-n4c5ccccc5c5ccccc54)cc3)c3ccccc3-c3cccc4oc5ccccc5c34)cc2)cc(-c2cccc3ccccc23)c1. The molecule has 3 heteroatoms. The first-order valence-electron chi connectivity index (χ1n) is 20.8. The van der Waals surface area contributed by atoms with Crippen LogP contribution in [0.3, 0.4) is 0 Å². The number of rotatable bonds is 7. The van der Waals surface area contributed by atoms with Gasteiger partial charge in [0.1, 0.15) is 11.2 Å². The van der Waals surface area contributed by atoms with Crippen molar-refractivity contribution in [1.29, 1.82) is 0 Å². The van der Waals surface area contributed by atoms with Crippen LogP contribution in [0, 0.1) is 0 Å². The lowest BCUT2D eigenvalue weighted by Gasteiger charge is -2.28. The minimum absolute atomic E-state index is 0.880. The van der Waals surface area contributed by atoms with Crippen LogP contribution in [0.25, 0.3) is 93.6 Å². The Labute approximate surface area is 353 Å². The zero-order valence-electron chi connectivity index (χ0n) is 33.2. The minimum atomic E-state index is 0.880. The molecule has 2 heterocycles. The van der Waals surface area contributed by atoms with Crippen molar-refractivity contribution in [3.05, 3.63) is 231 Å². The second kappa shape index (κ2) is 14.3. The molecule has 0 saturated carbocycles. The fourth-order valence-corrected chi connectivity index (χ4v) is 9.42. The van der Waals surface area contributed by atoms with E-state index in [1.807, 2.05) is 6.07 Å². The van der Waals surface area contributed by atoms with E-state index in [1.165, 1.54) is 49.3 Å². The summed E-state index contributed by atoms with van der Waals surface area (Å²) in [5, 5.41) is 7.24. The first-order chi connectivity index (χ1) is 30.3. The van der Waals surface area contributed by atoms with Gasteiger partial charge >= 0.3 is 0 Å². The Morgan fingerprint density at radius 2 is 0.885 bits per heavy atom. The molecular formula is C58H38N2O. The quantitative estimate of drug-likeness (QED) is 0.161. The number of benzene rings is 10. The van der Waals surface area contributed by atoms with E-state index in [4.69, 9.17) is 4.42 Å². The standard InChI is InChI=1S/C58H38N2O/c1-2-18-46-40(14-1)15-12-23-47(46)42-17-11-16-41(38-42)39-30-32-43(33-31-39)59(44-34-36-45(37-35-44)60-54-26-8-3-19-48(54)49-20-4-9-27-55(49)60)53-25-7-5-21-50(53)51-24-13-29-57-58(51)52-22-6-10-28-56(52)61-57/h1-38H. The van der Waals surface area contributed by atoms with Crippen molar-refractivity contribution >= 4 is 71.6 Å². The van der Waals surface area contributed by atoms with Gasteiger partial charge < -0.3 is 13.9 Å². The highest BCUT2D eigenvalue weighted by Crippen LogP contribution is 2.45. The molecule has 0 radical (unpaired) electrons. The average Bonchev–Trinajstić information content (AvgIpc) is 3.88. The van der Waals surface area contributed by atoms with E-state index in [2.05, 4.69) is 234 Å². The number of nitrogens with zero attached hydrogens (tertiary/aromatic N) is 2. The van der Waals surface area contributed by atoms with Gasteiger partial charge in [-0.15, -0.1) is 0 Å². The van der Waals surface area contributed by atoms with Crippen molar-refractivity contribution in [3.63, 3.8) is 0 Å². The third kappa shape index (κ3) is 5.82. The van der Waals surface area contributed by atoms with Gasteiger partial charge in [-0.3, -0.25) is 0 Å². The molecule has 286 valence electrons. The molecule has 0 atom stereocenters. The summed E-state index contributed by atoms with van der Waals surface area (Å²) in [6.07, 6.45) is 0. The third-order valence-electron chi connectivity index (χ3n) is 12.2. The molecule has 0 N–H and O–H groups in total. The number of anilines is 3. The molecule has 0 amide bonds. The summed E-state index contributed by atoms with van der Waals surface area (Å²) in [6, 6.07) is 82.9. The number of furan rings is 1. The molecule has 0 aliphatic carbocycles. The molecule has 0 saturated heterocycles. The van der Waals surface area contributed by atoms with Crippen molar-refractivity contribution in [1.82, 2.24) is 4.57 Å². The summed E-state index contributed by atoms with van der Waals surface area (Å²) < 4.78 is 8.76. The number of aromatic nitrogens is 1. The van der Waals surface area contributed by atoms with Crippen molar-refractivity contribution in [3.8, 4) is 39.1 Å². The lowest BCUT2D eigenvalue weighted by atomic mass is 9.95. The van der Waals surface area contributed by atoms with Crippen LogP contribution in [0.15, 0.2) is 235 Å². The van der Waals surface area contributed by atoms with Gasteiger partial charge in [0.25, 0.3) is 0 Å². The molecule has 3 nitrogen and oxygen atoms in total. The molecule has 0 aliphatic rings. The summed E-state index contributed by atoms with van der Waals surface area (Å²) in [5.41, 5.74) is 15.5. The number of hydrogen-bond acceptors (Lipinski definition) is 2. The lowest BCUT2D eigenvalue weighted by molar-refractivity contribution is 0.669. The largest absolute Gasteiger partial charge is 0.456 e. The van der Waals surface area contributed by atoms with Crippen LogP contribution in [0.2, 0.25) is 0 Å². The van der Waals surface area contributed by atoms with Gasteiger partial charge in [-0.25, -0.2) is 0 Å². The molecule has 0 bridgehead atoms. The smallest absolute Gasteiger partial charge is 0.136 e. The monoisotopic (exact) mass is 778 g/mol. The predicted molar refractivity (Wildman–Crippen MR) is 257 cm³/mol. The molecule has 61 heavy (non-hydrogen) atoms. The van der Waals surface area contributed by atoms with E-state index >= 15 is 0 Å². The molecule has 12 rings (SSSR count). The molecule has 12 aromatic rings. The maximum absolute atomic E-state index is 6.39. The van der Waals surface area contributed by atoms with Gasteiger partial charge in [-0.1, -0.05) is 158 Å². The Kier molecular flexibility index (Phi) is 8.17. The maximum Gasteiger partial charge on any atom is 0.136 e. The summed E-state index contributed by atoms with van der Waals surface area (Å²) >= 11 is 0. The number of hydrogen-bond donors (Lipinski definition) is 0. The zero-order chi connectivity index (χ0) is 40.3. The van der Waals surface area contributed by atoms with Gasteiger partial charge in [-0.05, 0) is 111 Å². The molecular weight excluding hydrogens is 741 g/mol. The third-order valence-corrected chi connectivity index (χ3v) is 12.2. The van der Waals surface area contributed by atoms with Crippen LogP contribution in [0.4, 0.5) is 17.1 Å². The van der Waals surface area contributed by atoms with E-state index in [-0.39, 0.29) is 0 Å². The maximum atomic E-state index is 6.39. The van der Waals surface area contributed by atoms with Gasteiger partial charge in [0.15, 0.2) is 0 Å². The topological polar surface area (TPSA) is 21.3 Å². The Morgan fingerprint density at radius 3 is 1.67 bits per heavy atom. The number of fused-ring (bicyclic) bond motifs is 7. The fourth-order valence-electron chi connectivity index (χ4n) is 9.42. The van der Waals surface area contributed by atoms with Crippen LogP contribution in [0.1, 0.15) is 0 Å². The molecule has 0 fully saturated rings. The Morgan fingerprint density at radius 1 is 0.344 bits per heavy atom. The second-order valence-corrected chi connectivity index (χ2v) is 15.7. The Balaban J connectivity index is 1.00. The molecule has 0 spiro atoms. The van der Waals surface area contributed by atoms with E-state index < -0.39 is 0 Å². The van der Waals surface area contributed by atoms with Crippen LogP contribution < -0.4 is 4.90 Å². The van der Waals surface area contributed by atoms with E-state index in [9.17, 15) is 0 Å². The summed E-state index contributed by atoms with van der Waals surface area (Å²) in [4.78, 5) is 2.39. The summed E-state index contributed by atoms with van der Waals surface area (Å²) in [5.74, 6) is 0. The average molecular weight is 779 g/mol. The van der Waals surface area contributed by atoms with Gasteiger partial charge in [0.2, 0.25) is 0 Å². The summed E-state index contributed by atoms with van der Waals surface area (Å²) in [7, 11) is 0. The van der Waals surface area contributed by atoms with Crippen molar-refractivity contribution < 1.29 is 4.42 Å². The van der Waals surface area contributed by atoms with Crippen molar-refractivity contribution in [2.75, 3.05) is 4.90 Å². The van der Waals surface area contributed by atoms with Crippen LogP contribution >= 0.6 is 0 Å². The van der Waals surface area contributed by atoms with E-state index in [1.54, 1.807) is 0 Å². The van der Waals surface area contributed by atoms with Gasteiger partial charge in [0.05, 0.1) is 16.7 Å². The lowest BCUT2D eigenvalue weighted by Crippen LogP contribution is -2.11. The number of para-hydroxylation sites is 4. The highest BCUT2D eigenvalue weighted by atomic mass is 16.3. The van der Waals surface area contributed by atoms with Crippen LogP contribution in [0.5, 0.6) is 0 Å². The minimum Gasteiger partial charge on any atom is -0.456 e. The normalized spacial score (nSPS) is 11.6. The van der Waals surface area contributed by atoms with Gasteiger partial charge in [-0.2, -0.15) is 0 Å². The highest BCUT2D eigenvalue weighted by Gasteiger charge is 2.21. The molecule has 0 unspecified atom stereocenters. The molecule has 10 aromatic carbocycles. The zero-order valence-corrected chi connectivity index (χ0v) is 33.2. The van der Waals surface area contributed by atoms with E-state index in [0.29, 0.717) is 0 Å². The highest BCUT2D eigenvalue weighted by molar-refractivity contribution is 6.14. The Bertz CT molecular complexity index is 3530. The molecule has 0 aliphatic heterocycles. The van der Waals surface area contributed by atoms with Crippen molar-refractivity contribution in [2.24, 2.45) is 0 Å². The van der Waals surface area contributed by atoms with Crippen molar-refractivity contribution in [2.45, 2.75) is 0 Å². The summed E-state index contributed by atoms with van der Waals surface area (Å²) in [6.45, 7) is 0. The first-order valence-corrected chi connectivity index (χ1v) is 20.8. The fraction of sp³-hybridized carbons (Fsp3) is 0. The van der Waals surface area contributed by atoms with Gasteiger partial charge in [0, 0.05) is 44.2 Å².